The molecule has 20 heavy (non-hydrogen) atoms. The number of hydrogen-bond donors (Lipinski definition) is 0. The maximum absolute atomic E-state index is 11.1. The predicted molar refractivity (Wildman–Crippen MR) is 80.5 cm³/mol. The van der Waals surface area contributed by atoms with Crippen LogP contribution in [0.2, 0.25) is 0 Å². The Hall–Kier alpha value is -2.36. The molecule has 0 heterocycles. The first-order valence-corrected chi connectivity index (χ1v) is 6.53. The summed E-state index contributed by atoms with van der Waals surface area (Å²) in [4.78, 5) is 15.9. The van der Waals surface area contributed by atoms with Gasteiger partial charge in [-0.15, -0.1) is 0 Å². The lowest BCUT2D eigenvalue weighted by molar-refractivity contribution is -0.137. The molecule has 4 nitrogen and oxygen atoms in total. The van der Waals surface area contributed by atoms with Crippen molar-refractivity contribution in [2.24, 2.45) is 5.16 Å². The van der Waals surface area contributed by atoms with E-state index in [0.29, 0.717) is 13.2 Å². The first kappa shape index (κ1) is 15.7. The number of esters is 1. The van der Waals surface area contributed by atoms with E-state index in [1.165, 1.54) is 6.08 Å². The molecule has 1 rings (SSSR count). The summed E-state index contributed by atoms with van der Waals surface area (Å²) in [7, 11) is 0. The third kappa shape index (κ3) is 6.54. The Morgan fingerprint density at radius 2 is 1.80 bits per heavy atom. The van der Waals surface area contributed by atoms with Gasteiger partial charge < -0.3 is 9.57 Å². The zero-order chi connectivity index (χ0) is 14.6. The van der Waals surface area contributed by atoms with Crippen molar-refractivity contribution >= 4 is 18.3 Å². The number of oxime groups is 1. The van der Waals surface area contributed by atoms with Crippen LogP contribution in [-0.4, -0.2) is 25.4 Å². The lowest BCUT2D eigenvalue weighted by Crippen LogP contribution is -1.98. The number of rotatable bonds is 7. The summed E-state index contributed by atoms with van der Waals surface area (Å²) < 4.78 is 4.77. The molecule has 0 atom stereocenters. The summed E-state index contributed by atoms with van der Waals surface area (Å²) >= 11 is 0. The molecule has 0 aromatic heterocycles. The Balaban J connectivity index is 2.50. The third-order valence-electron chi connectivity index (χ3n) is 2.26. The molecule has 0 N–H and O–H groups in total. The standard InChI is InChI=1S/C16H19NO3/c1-3-19-16(18)8-6-5-7-14-9-11-15(12-10-14)13-17-20-4-2/h5-13H,3-4H2,1-2H3. The van der Waals surface area contributed by atoms with Crippen molar-refractivity contribution in [2.45, 2.75) is 13.8 Å². The molecular formula is C16H19NO3. The zero-order valence-electron chi connectivity index (χ0n) is 11.8. The molecule has 0 saturated carbocycles. The molecule has 106 valence electrons. The Morgan fingerprint density at radius 1 is 1.10 bits per heavy atom. The molecule has 0 bridgehead atoms. The summed E-state index contributed by atoms with van der Waals surface area (Å²) in [5, 5.41) is 3.80. The number of carbonyl (C=O) groups is 1. The summed E-state index contributed by atoms with van der Waals surface area (Å²) in [6.45, 7) is 4.61. The fourth-order valence-electron chi connectivity index (χ4n) is 1.36. The van der Waals surface area contributed by atoms with Gasteiger partial charge >= 0.3 is 5.97 Å². The van der Waals surface area contributed by atoms with Gasteiger partial charge in [0.1, 0.15) is 6.61 Å². The van der Waals surface area contributed by atoms with Crippen molar-refractivity contribution in [1.29, 1.82) is 0 Å². The van der Waals surface area contributed by atoms with Crippen LogP contribution in [0.4, 0.5) is 0 Å². The quantitative estimate of drug-likeness (QED) is 0.252. The maximum atomic E-state index is 11.1. The zero-order valence-corrected chi connectivity index (χ0v) is 11.8. The number of benzene rings is 1. The second kappa shape index (κ2) is 9.55. The number of allylic oxidation sites excluding steroid dienone is 2. The monoisotopic (exact) mass is 273 g/mol. The van der Waals surface area contributed by atoms with Gasteiger partial charge in [0, 0.05) is 6.08 Å². The third-order valence-corrected chi connectivity index (χ3v) is 2.26. The van der Waals surface area contributed by atoms with Crippen molar-refractivity contribution in [2.75, 3.05) is 13.2 Å². The minimum absolute atomic E-state index is 0.334. The molecule has 0 unspecified atom stereocenters. The van der Waals surface area contributed by atoms with Gasteiger partial charge in [0.25, 0.3) is 0 Å². The highest BCUT2D eigenvalue weighted by molar-refractivity contribution is 5.82. The molecule has 0 saturated heterocycles. The first-order chi connectivity index (χ1) is 9.76. The number of hydrogen-bond acceptors (Lipinski definition) is 4. The SMILES string of the molecule is CCON=Cc1ccc(C=CC=CC(=O)OCC)cc1. The largest absolute Gasteiger partial charge is 0.463 e. The van der Waals surface area contributed by atoms with Crippen LogP contribution in [0.3, 0.4) is 0 Å². The van der Waals surface area contributed by atoms with Crippen LogP contribution < -0.4 is 0 Å². The molecule has 0 aliphatic heterocycles. The Morgan fingerprint density at radius 3 is 2.45 bits per heavy atom. The Bertz CT molecular complexity index is 487. The van der Waals surface area contributed by atoms with Crippen LogP contribution in [0.15, 0.2) is 47.6 Å². The van der Waals surface area contributed by atoms with E-state index >= 15 is 0 Å². The predicted octanol–water partition coefficient (Wildman–Crippen LogP) is 3.19. The highest BCUT2D eigenvalue weighted by Gasteiger charge is 1.91. The van der Waals surface area contributed by atoms with E-state index in [9.17, 15) is 4.79 Å². The summed E-state index contributed by atoms with van der Waals surface area (Å²) in [5.74, 6) is -0.334. The van der Waals surface area contributed by atoms with Crippen molar-refractivity contribution < 1.29 is 14.4 Å². The molecule has 0 radical (unpaired) electrons. The summed E-state index contributed by atoms with van der Waals surface area (Å²) in [6, 6.07) is 7.80. The highest BCUT2D eigenvalue weighted by Crippen LogP contribution is 2.05. The molecule has 0 aliphatic carbocycles. The average molecular weight is 273 g/mol. The molecule has 4 heteroatoms. The molecule has 0 spiro atoms. The van der Waals surface area contributed by atoms with Gasteiger partial charge in [-0.05, 0) is 25.0 Å². The summed E-state index contributed by atoms with van der Waals surface area (Å²) in [6.07, 6.45) is 8.41. The van der Waals surface area contributed by atoms with Crippen LogP contribution in [-0.2, 0) is 14.4 Å². The van der Waals surface area contributed by atoms with E-state index in [2.05, 4.69) is 5.16 Å². The number of ether oxygens (including phenoxy) is 1. The van der Waals surface area contributed by atoms with Gasteiger partial charge in [0.05, 0.1) is 12.8 Å². The Kier molecular flexibility index (Phi) is 7.50. The van der Waals surface area contributed by atoms with E-state index < -0.39 is 0 Å². The lowest BCUT2D eigenvalue weighted by Gasteiger charge is -1.95. The second-order valence-corrected chi connectivity index (χ2v) is 3.79. The maximum Gasteiger partial charge on any atom is 0.330 e. The van der Waals surface area contributed by atoms with Crippen molar-refractivity contribution in [1.82, 2.24) is 0 Å². The summed E-state index contributed by atoms with van der Waals surface area (Å²) in [5.41, 5.74) is 2.00. The van der Waals surface area contributed by atoms with E-state index in [1.54, 1.807) is 25.3 Å². The van der Waals surface area contributed by atoms with Crippen LogP contribution in [0.25, 0.3) is 6.08 Å². The first-order valence-electron chi connectivity index (χ1n) is 6.53. The fraction of sp³-hybridized carbons (Fsp3) is 0.250. The van der Waals surface area contributed by atoms with E-state index in [4.69, 9.17) is 9.57 Å². The van der Waals surface area contributed by atoms with E-state index in [-0.39, 0.29) is 5.97 Å². The topological polar surface area (TPSA) is 47.9 Å². The van der Waals surface area contributed by atoms with Crippen LogP contribution in [0.5, 0.6) is 0 Å². The molecule has 0 aliphatic rings. The molecule has 1 aromatic carbocycles. The van der Waals surface area contributed by atoms with Gasteiger partial charge in [-0.2, -0.15) is 0 Å². The van der Waals surface area contributed by atoms with Gasteiger partial charge in [-0.1, -0.05) is 47.6 Å². The average Bonchev–Trinajstić information content (AvgIpc) is 2.46. The number of nitrogens with zero attached hydrogens (tertiary/aromatic N) is 1. The lowest BCUT2D eigenvalue weighted by atomic mass is 10.1. The van der Waals surface area contributed by atoms with Gasteiger partial charge in [-0.25, -0.2) is 4.79 Å². The highest BCUT2D eigenvalue weighted by atomic mass is 16.6. The van der Waals surface area contributed by atoms with Crippen LogP contribution in [0.1, 0.15) is 25.0 Å². The van der Waals surface area contributed by atoms with Crippen LogP contribution in [0, 0.1) is 0 Å². The van der Waals surface area contributed by atoms with Gasteiger partial charge in [0.15, 0.2) is 0 Å². The minimum Gasteiger partial charge on any atom is -0.463 e. The van der Waals surface area contributed by atoms with E-state index in [0.717, 1.165) is 11.1 Å². The smallest absolute Gasteiger partial charge is 0.330 e. The Labute approximate surface area is 119 Å². The van der Waals surface area contributed by atoms with Crippen molar-refractivity contribution in [3.8, 4) is 0 Å². The van der Waals surface area contributed by atoms with E-state index in [1.807, 2.05) is 37.3 Å². The normalized spacial score (nSPS) is 11.5. The minimum atomic E-state index is -0.334. The van der Waals surface area contributed by atoms with Crippen molar-refractivity contribution in [3.63, 3.8) is 0 Å². The molecule has 1 aromatic rings. The number of carbonyl (C=O) groups excluding carboxylic acids is 1. The van der Waals surface area contributed by atoms with Gasteiger partial charge in [0.2, 0.25) is 0 Å². The van der Waals surface area contributed by atoms with Crippen molar-refractivity contribution in [3.05, 3.63) is 53.6 Å². The fourth-order valence-corrected chi connectivity index (χ4v) is 1.36. The molecule has 0 fully saturated rings. The second-order valence-electron chi connectivity index (χ2n) is 3.79. The van der Waals surface area contributed by atoms with Crippen LogP contribution >= 0.6 is 0 Å². The molecule has 0 amide bonds. The molecular weight excluding hydrogens is 254 g/mol. The van der Waals surface area contributed by atoms with Gasteiger partial charge in [-0.3, -0.25) is 0 Å².